The lowest BCUT2D eigenvalue weighted by Gasteiger charge is -2.31. The Morgan fingerprint density at radius 1 is 1.27 bits per heavy atom. The van der Waals surface area contributed by atoms with E-state index in [1.54, 1.807) is 24.3 Å². The molecule has 2 amide bonds. The standard InChI is InChI=1S/C21H25N5O4/c1-12-6-8-26(9-7-12)21-24-18-17(20(29)25-21)15(11-16(27)23-18)19(28)22-13-4-3-5-14(10-13)30-2/h3-5,10,12,15H,6-9,11H2,1-2H3,(H,22,28)(H2,23,24,25,27,29)/t15-/m1/s1. The van der Waals surface area contributed by atoms with E-state index in [-0.39, 0.29) is 23.7 Å². The molecule has 1 saturated heterocycles. The number of nitrogens with one attached hydrogen (secondary N) is 3. The van der Waals surface area contributed by atoms with Gasteiger partial charge in [0.05, 0.1) is 18.6 Å². The molecule has 0 aliphatic carbocycles. The number of nitrogens with zero attached hydrogens (tertiary/aromatic N) is 2. The van der Waals surface area contributed by atoms with Gasteiger partial charge in [0.15, 0.2) is 0 Å². The number of anilines is 3. The smallest absolute Gasteiger partial charge is 0.258 e. The summed E-state index contributed by atoms with van der Waals surface area (Å²) in [6.45, 7) is 3.78. The van der Waals surface area contributed by atoms with Crippen LogP contribution in [0.15, 0.2) is 29.1 Å². The number of aromatic nitrogens is 2. The maximum absolute atomic E-state index is 12.9. The molecule has 158 valence electrons. The van der Waals surface area contributed by atoms with Crippen molar-refractivity contribution in [2.45, 2.75) is 32.1 Å². The van der Waals surface area contributed by atoms with Crippen molar-refractivity contribution in [1.29, 1.82) is 0 Å². The Bertz CT molecular complexity index is 1030. The first-order valence-electron chi connectivity index (χ1n) is 10.1. The number of hydrogen-bond acceptors (Lipinski definition) is 6. The highest BCUT2D eigenvalue weighted by Gasteiger charge is 2.35. The van der Waals surface area contributed by atoms with E-state index in [4.69, 9.17) is 4.74 Å². The molecule has 0 saturated carbocycles. The second-order valence-corrected chi connectivity index (χ2v) is 7.85. The molecule has 2 aromatic rings. The second-order valence-electron chi connectivity index (χ2n) is 7.85. The van der Waals surface area contributed by atoms with Crippen LogP contribution < -0.4 is 25.8 Å². The number of benzene rings is 1. The number of aromatic amines is 1. The summed E-state index contributed by atoms with van der Waals surface area (Å²) < 4.78 is 5.17. The number of amides is 2. The summed E-state index contributed by atoms with van der Waals surface area (Å²) in [6.07, 6.45) is 1.91. The fraction of sp³-hybridized carbons (Fsp3) is 0.429. The number of rotatable bonds is 4. The highest BCUT2D eigenvalue weighted by atomic mass is 16.5. The van der Waals surface area contributed by atoms with Crippen molar-refractivity contribution in [3.63, 3.8) is 0 Å². The number of methoxy groups -OCH3 is 1. The van der Waals surface area contributed by atoms with Crippen LogP contribution >= 0.6 is 0 Å². The van der Waals surface area contributed by atoms with Gasteiger partial charge in [-0.2, -0.15) is 4.98 Å². The van der Waals surface area contributed by atoms with Gasteiger partial charge in [-0.3, -0.25) is 19.4 Å². The van der Waals surface area contributed by atoms with E-state index in [0.29, 0.717) is 23.3 Å². The quantitative estimate of drug-likeness (QED) is 0.709. The second kappa shape index (κ2) is 8.17. The fourth-order valence-electron chi connectivity index (χ4n) is 3.88. The monoisotopic (exact) mass is 411 g/mol. The summed E-state index contributed by atoms with van der Waals surface area (Å²) in [7, 11) is 1.54. The fourth-order valence-corrected chi connectivity index (χ4v) is 3.88. The van der Waals surface area contributed by atoms with E-state index in [1.165, 1.54) is 7.11 Å². The van der Waals surface area contributed by atoms with Gasteiger partial charge in [0.25, 0.3) is 5.56 Å². The zero-order valence-corrected chi connectivity index (χ0v) is 17.0. The van der Waals surface area contributed by atoms with Gasteiger partial charge in [-0.25, -0.2) is 0 Å². The van der Waals surface area contributed by atoms with Gasteiger partial charge in [-0.1, -0.05) is 13.0 Å². The third kappa shape index (κ3) is 4.00. The first-order valence-corrected chi connectivity index (χ1v) is 10.1. The van der Waals surface area contributed by atoms with Crippen LogP contribution in [0.2, 0.25) is 0 Å². The molecule has 3 N–H and O–H groups in total. The highest BCUT2D eigenvalue weighted by Crippen LogP contribution is 2.31. The van der Waals surface area contributed by atoms with Gasteiger partial charge >= 0.3 is 0 Å². The molecular weight excluding hydrogens is 386 g/mol. The van der Waals surface area contributed by atoms with Crippen LogP contribution in [0.25, 0.3) is 0 Å². The van der Waals surface area contributed by atoms with Crippen molar-refractivity contribution in [2.75, 3.05) is 35.7 Å². The molecule has 2 aliphatic rings. The minimum Gasteiger partial charge on any atom is -0.497 e. The lowest BCUT2D eigenvalue weighted by Crippen LogP contribution is -2.39. The maximum atomic E-state index is 12.9. The Labute approximate surface area is 173 Å². The number of piperidine rings is 1. The van der Waals surface area contributed by atoms with Crippen LogP contribution in [0.1, 0.15) is 37.7 Å². The Hall–Kier alpha value is -3.36. The van der Waals surface area contributed by atoms with Crippen molar-refractivity contribution in [2.24, 2.45) is 5.92 Å². The van der Waals surface area contributed by atoms with Crippen LogP contribution in [0.4, 0.5) is 17.5 Å². The summed E-state index contributed by atoms with van der Waals surface area (Å²) in [6, 6.07) is 6.89. The number of hydrogen-bond donors (Lipinski definition) is 3. The number of carbonyl (C=O) groups is 2. The topological polar surface area (TPSA) is 116 Å². The van der Waals surface area contributed by atoms with E-state index in [1.807, 2.05) is 4.90 Å². The molecule has 0 radical (unpaired) electrons. The molecule has 9 heteroatoms. The van der Waals surface area contributed by atoms with Gasteiger partial charge in [-0.15, -0.1) is 0 Å². The SMILES string of the molecule is COc1cccc(NC(=O)[C@@H]2CC(=O)Nc3nc(N4CCC(C)CC4)[nH]c(=O)c32)c1. The Kier molecular flexibility index (Phi) is 5.43. The van der Waals surface area contributed by atoms with E-state index < -0.39 is 17.4 Å². The predicted octanol–water partition coefficient (Wildman–Crippen LogP) is 2.08. The molecule has 2 aliphatic heterocycles. The average molecular weight is 411 g/mol. The number of H-pyrrole nitrogens is 1. The first-order chi connectivity index (χ1) is 14.4. The van der Waals surface area contributed by atoms with Crippen molar-refractivity contribution in [1.82, 2.24) is 9.97 Å². The van der Waals surface area contributed by atoms with Crippen LogP contribution in [-0.4, -0.2) is 42.0 Å². The van der Waals surface area contributed by atoms with Gasteiger partial charge in [0, 0.05) is 31.3 Å². The van der Waals surface area contributed by atoms with E-state index in [0.717, 1.165) is 25.9 Å². The molecule has 0 spiro atoms. The third-order valence-electron chi connectivity index (χ3n) is 5.68. The minimum atomic E-state index is -0.924. The van der Waals surface area contributed by atoms with Gasteiger partial charge < -0.3 is 20.3 Å². The normalized spacial score (nSPS) is 19.1. The number of ether oxygens (including phenoxy) is 1. The molecule has 3 heterocycles. The maximum Gasteiger partial charge on any atom is 0.258 e. The number of fused-ring (bicyclic) bond motifs is 1. The van der Waals surface area contributed by atoms with E-state index in [9.17, 15) is 14.4 Å². The van der Waals surface area contributed by atoms with E-state index >= 15 is 0 Å². The first kappa shape index (κ1) is 19.9. The summed E-state index contributed by atoms with van der Waals surface area (Å²) in [5.41, 5.74) is 0.305. The molecule has 0 bridgehead atoms. The Balaban J connectivity index is 1.62. The molecule has 30 heavy (non-hydrogen) atoms. The molecule has 1 aromatic carbocycles. The summed E-state index contributed by atoms with van der Waals surface area (Å²) in [4.78, 5) is 47.4. The lowest BCUT2D eigenvalue weighted by atomic mass is 9.92. The van der Waals surface area contributed by atoms with Crippen molar-refractivity contribution < 1.29 is 14.3 Å². The Morgan fingerprint density at radius 3 is 2.77 bits per heavy atom. The van der Waals surface area contributed by atoms with Crippen LogP contribution in [0, 0.1) is 5.92 Å². The summed E-state index contributed by atoms with van der Waals surface area (Å²) in [5, 5.41) is 5.43. The minimum absolute atomic E-state index is 0.117. The zero-order valence-electron chi connectivity index (χ0n) is 17.0. The van der Waals surface area contributed by atoms with Crippen molar-refractivity contribution in [3.8, 4) is 5.75 Å². The summed E-state index contributed by atoms with van der Waals surface area (Å²) in [5.74, 6) is 0.112. The molecular formula is C21H25N5O4. The lowest BCUT2D eigenvalue weighted by molar-refractivity contribution is -0.123. The van der Waals surface area contributed by atoms with Gasteiger partial charge in [0.1, 0.15) is 11.6 Å². The largest absolute Gasteiger partial charge is 0.497 e. The van der Waals surface area contributed by atoms with Crippen LogP contribution in [0.3, 0.4) is 0 Å². The van der Waals surface area contributed by atoms with Gasteiger partial charge in [0.2, 0.25) is 17.8 Å². The Morgan fingerprint density at radius 2 is 2.03 bits per heavy atom. The third-order valence-corrected chi connectivity index (χ3v) is 5.68. The van der Waals surface area contributed by atoms with Crippen LogP contribution in [-0.2, 0) is 9.59 Å². The zero-order chi connectivity index (χ0) is 21.3. The van der Waals surface area contributed by atoms with Crippen molar-refractivity contribution >= 4 is 29.3 Å². The van der Waals surface area contributed by atoms with Crippen LogP contribution in [0.5, 0.6) is 5.75 Å². The molecule has 9 nitrogen and oxygen atoms in total. The van der Waals surface area contributed by atoms with E-state index in [2.05, 4.69) is 27.5 Å². The van der Waals surface area contributed by atoms with Crippen molar-refractivity contribution in [3.05, 3.63) is 40.2 Å². The predicted molar refractivity (Wildman–Crippen MR) is 113 cm³/mol. The molecule has 4 rings (SSSR count). The average Bonchev–Trinajstić information content (AvgIpc) is 2.73. The number of carbonyl (C=O) groups excluding carboxylic acids is 2. The summed E-state index contributed by atoms with van der Waals surface area (Å²) >= 11 is 0. The molecule has 1 fully saturated rings. The highest BCUT2D eigenvalue weighted by molar-refractivity contribution is 6.04. The molecule has 0 unspecified atom stereocenters. The molecule has 1 aromatic heterocycles. The molecule has 1 atom stereocenters. The van der Waals surface area contributed by atoms with Gasteiger partial charge in [-0.05, 0) is 30.9 Å².